The van der Waals surface area contributed by atoms with Crippen molar-refractivity contribution < 1.29 is 9.59 Å². The number of nitrogens with one attached hydrogen (secondary N) is 1. The van der Waals surface area contributed by atoms with Crippen molar-refractivity contribution in [3.05, 3.63) is 58.0 Å². The predicted molar refractivity (Wildman–Crippen MR) is 123 cm³/mol. The Morgan fingerprint density at radius 2 is 2.07 bits per heavy atom. The smallest absolute Gasteiger partial charge is 0.266 e. The van der Waals surface area contributed by atoms with Crippen LogP contribution < -0.4 is 5.32 Å². The molecule has 0 unspecified atom stereocenters. The van der Waals surface area contributed by atoms with Gasteiger partial charge in [-0.2, -0.15) is 0 Å². The molecule has 1 saturated heterocycles. The second-order valence-electron chi connectivity index (χ2n) is 6.21. The van der Waals surface area contributed by atoms with Crippen molar-refractivity contribution in [2.45, 2.75) is 26.2 Å². The van der Waals surface area contributed by atoms with Crippen LogP contribution in [0, 0.1) is 0 Å². The summed E-state index contributed by atoms with van der Waals surface area (Å²) in [6.45, 7) is 1.96. The van der Waals surface area contributed by atoms with Gasteiger partial charge in [-0.05, 0) is 18.1 Å². The molecule has 6 nitrogen and oxygen atoms in total. The van der Waals surface area contributed by atoms with E-state index in [0.717, 1.165) is 29.8 Å². The number of benzene rings is 1. The quantitative estimate of drug-likeness (QED) is 0.484. The Bertz CT molecular complexity index is 954. The number of allylic oxidation sites excluding steroid dienone is 2. The normalized spacial score (nSPS) is 15.6. The average Bonchev–Trinajstić information content (AvgIpc) is 3.26. The van der Waals surface area contributed by atoms with E-state index in [2.05, 4.69) is 22.4 Å². The molecular weight excluding hydrogens is 424 g/mol. The number of thiocarbonyl (C=S) groups is 1. The molecule has 0 spiro atoms. The molecule has 2 amide bonds. The van der Waals surface area contributed by atoms with Crippen molar-refractivity contribution >= 4 is 62.7 Å². The van der Waals surface area contributed by atoms with Crippen LogP contribution in [-0.2, 0) is 16.0 Å². The predicted octanol–water partition coefficient (Wildman–Crippen LogP) is 4.28. The fourth-order valence-corrected chi connectivity index (χ4v) is 4.50. The summed E-state index contributed by atoms with van der Waals surface area (Å²) in [4.78, 5) is 26.7. The van der Waals surface area contributed by atoms with Crippen LogP contribution in [0.25, 0.3) is 6.08 Å². The molecule has 2 heterocycles. The molecule has 2 aromatic rings. The number of hydrogen-bond acceptors (Lipinski definition) is 7. The van der Waals surface area contributed by atoms with Crippen LogP contribution in [0.1, 0.15) is 30.3 Å². The highest BCUT2D eigenvalue weighted by atomic mass is 32.2. The lowest BCUT2D eigenvalue weighted by atomic mass is 10.2. The van der Waals surface area contributed by atoms with E-state index in [9.17, 15) is 9.59 Å². The monoisotopic (exact) mass is 444 g/mol. The molecule has 1 aromatic carbocycles. The van der Waals surface area contributed by atoms with Gasteiger partial charge in [0.25, 0.3) is 5.91 Å². The van der Waals surface area contributed by atoms with Gasteiger partial charge in [-0.25, -0.2) is 0 Å². The zero-order chi connectivity index (χ0) is 20.6. The Labute approximate surface area is 183 Å². The number of hydrogen-bond donors (Lipinski definition) is 1. The number of anilines is 1. The van der Waals surface area contributed by atoms with Gasteiger partial charge in [0.1, 0.15) is 15.9 Å². The summed E-state index contributed by atoms with van der Waals surface area (Å²) in [7, 11) is 0. The van der Waals surface area contributed by atoms with Crippen LogP contribution in [0.15, 0.2) is 47.4 Å². The minimum atomic E-state index is -0.347. The summed E-state index contributed by atoms with van der Waals surface area (Å²) in [5, 5.41) is 12.1. The van der Waals surface area contributed by atoms with Crippen LogP contribution >= 0.6 is 35.3 Å². The van der Waals surface area contributed by atoms with Gasteiger partial charge in [0.05, 0.1) is 4.91 Å². The molecule has 1 aromatic heterocycles. The minimum absolute atomic E-state index is 0.145. The van der Waals surface area contributed by atoms with Crippen LogP contribution in [0.2, 0.25) is 0 Å². The fourth-order valence-electron chi connectivity index (χ4n) is 2.50. The van der Waals surface area contributed by atoms with E-state index >= 15 is 0 Å². The molecule has 150 valence electrons. The zero-order valence-corrected chi connectivity index (χ0v) is 18.3. The average molecular weight is 445 g/mol. The lowest BCUT2D eigenvalue weighted by Gasteiger charge is -2.12. The summed E-state index contributed by atoms with van der Waals surface area (Å²) < 4.78 is 0.366. The van der Waals surface area contributed by atoms with Crippen LogP contribution in [0.5, 0.6) is 0 Å². The van der Waals surface area contributed by atoms with E-state index in [1.165, 1.54) is 28.0 Å². The van der Waals surface area contributed by atoms with E-state index < -0.39 is 0 Å². The number of aromatic nitrogens is 2. The molecule has 9 heteroatoms. The highest BCUT2D eigenvalue weighted by Crippen LogP contribution is 2.31. The summed E-state index contributed by atoms with van der Waals surface area (Å²) in [6, 6.07) is 9.79. The molecule has 1 aliphatic heterocycles. The van der Waals surface area contributed by atoms with E-state index in [1.54, 1.807) is 12.2 Å². The van der Waals surface area contributed by atoms with Gasteiger partial charge in [-0.3, -0.25) is 19.8 Å². The van der Waals surface area contributed by atoms with Crippen molar-refractivity contribution in [1.29, 1.82) is 0 Å². The molecule has 1 N–H and O–H groups in total. The number of thioether (sulfide) groups is 1. The third-order valence-electron chi connectivity index (χ3n) is 3.97. The number of rotatable bonds is 8. The lowest BCUT2D eigenvalue weighted by molar-refractivity contribution is -0.126. The maximum Gasteiger partial charge on any atom is 0.266 e. The first-order chi connectivity index (χ1) is 14.1. The molecule has 3 rings (SSSR count). The first-order valence-corrected chi connectivity index (χ1v) is 11.2. The van der Waals surface area contributed by atoms with Crippen molar-refractivity contribution in [1.82, 2.24) is 15.1 Å². The first-order valence-electron chi connectivity index (χ1n) is 9.16. The van der Waals surface area contributed by atoms with Gasteiger partial charge in [0, 0.05) is 6.42 Å². The van der Waals surface area contributed by atoms with Crippen LogP contribution in [0.3, 0.4) is 0 Å². The summed E-state index contributed by atoms with van der Waals surface area (Å²) in [5.41, 5.74) is 1.04. The number of aryl methyl sites for hydroxylation is 1. The molecule has 0 bridgehead atoms. The zero-order valence-electron chi connectivity index (χ0n) is 15.8. The second kappa shape index (κ2) is 10.4. The lowest BCUT2D eigenvalue weighted by Crippen LogP contribution is -2.36. The van der Waals surface area contributed by atoms with Crippen LogP contribution in [0.4, 0.5) is 5.13 Å². The summed E-state index contributed by atoms with van der Waals surface area (Å²) in [6.07, 6.45) is 8.38. The van der Waals surface area contributed by atoms with Gasteiger partial charge >= 0.3 is 0 Å². The largest absolute Gasteiger partial charge is 0.299 e. The molecule has 1 fully saturated rings. The van der Waals surface area contributed by atoms with E-state index in [-0.39, 0.29) is 18.4 Å². The Morgan fingerprint density at radius 3 is 2.83 bits per heavy atom. The van der Waals surface area contributed by atoms with Crippen molar-refractivity contribution in [3.63, 3.8) is 0 Å². The first kappa shape index (κ1) is 21.4. The molecule has 0 radical (unpaired) electrons. The number of unbranched alkanes of at least 4 members (excludes halogenated alkanes) is 1. The number of nitrogens with zero attached hydrogens (tertiary/aromatic N) is 3. The molecule has 1 aliphatic rings. The molecule has 29 heavy (non-hydrogen) atoms. The molecular formula is C20H20N4O2S3. The second-order valence-corrected chi connectivity index (χ2v) is 8.95. The maximum absolute atomic E-state index is 12.6. The Balaban J connectivity index is 1.56. The van der Waals surface area contributed by atoms with Gasteiger partial charge < -0.3 is 0 Å². The van der Waals surface area contributed by atoms with Crippen molar-refractivity contribution in [3.8, 4) is 0 Å². The third-order valence-corrected chi connectivity index (χ3v) is 6.26. The van der Waals surface area contributed by atoms with Gasteiger partial charge in [-0.15, -0.1) is 10.2 Å². The van der Waals surface area contributed by atoms with Gasteiger partial charge in [0.2, 0.25) is 11.0 Å². The van der Waals surface area contributed by atoms with Crippen molar-refractivity contribution in [2.75, 3.05) is 11.9 Å². The van der Waals surface area contributed by atoms with E-state index in [1.807, 2.05) is 36.4 Å². The summed E-state index contributed by atoms with van der Waals surface area (Å²) >= 11 is 7.82. The standard InChI is InChI=1S/C20H20N4O2S3/c1-2-3-12-17-22-23-19(29-17)21-16(25)13-24-18(26)15(28-20(24)27)11-7-10-14-8-5-4-6-9-14/h4-11H,2-3,12-13H2,1H3,(H,21,23,25). The maximum atomic E-state index is 12.6. The SMILES string of the molecule is CCCCc1nnc(NC(=O)CN2C(=O)C(=CC=Cc3ccccc3)SC2=S)s1. The van der Waals surface area contributed by atoms with Crippen LogP contribution in [-0.4, -0.2) is 37.8 Å². The Kier molecular flexibility index (Phi) is 7.68. The molecule has 0 aliphatic carbocycles. The highest BCUT2D eigenvalue weighted by Gasteiger charge is 2.33. The minimum Gasteiger partial charge on any atom is -0.299 e. The molecule has 0 saturated carbocycles. The van der Waals surface area contributed by atoms with Crippen molar-refractivity contribution in [2.24, 2.45) is 0 Å². The number of amides is 2. The number of carbonyl (C=O) groups is 2. The molecule has 0 atom stereocenters. The van der Waals surface area contributed by atoms with Gasteiger partial charge in [0.15, 0.2) is 0 Å². The fraction of sp³-hybridized carbons (Fsp3) is 0.250. The Hall–Kier alpha value is -2.36. The third kappa shape index (κ3) is 6.06. The van der Waals surface area contributed by atoms with E-state index in [0.29, 0.717) is 14.4 Å². The number of carbonyl (C=O) groups excluding carboxylic acids is 2. The highest BCUT2D eigenvalue weighted by molar-refractivity contribution is 8.26. The Morgan fingerprint density at radius 1 is 1.28 bits per heavy atom. The summed E-state index contributed by atoms with van der Waals surface area (Å²) in [5.74, 6) is -0.616. The van der Waals surface area contributed by atoms with Gasteiger partial charge in [-0.1, -0.05) is 91.1 Å². The van der Waals surface area contributed by atoms with E-state index in [4.69, 9.17) is 12.2 Å². The topological polar surface area (TPSA) is 75.2 Å².